The van der Waals surface area contributed by atoms with Crippen molar-refractivity contribution in [3.8, 4) is 0 Å². The number of carbonyl (C=O) groups is 1. The van der Waals surface area contributed by atoms with Crippen LogP contribution >= 0.6 is 0 Å². The Labute approximate surface area is 116 Å². The molecular weight excluding hydrogens is 256 g/mol. The summed E-state index contributed by atoms with van der Waals surface area (Å²) in [5.41, 5.74) is 7.70. The molecule has 1 atom stereocenters. The van der Waals surface area contributed by atoms with Crippen LogP contribution < -0.4 is 11.1 Å². The van der Waals surface area contributed by atoms with Crippen LogP contribution in [0.5, 0.6) is 0 Å². The molecule has 7 nitrogen and oxygen atoms in total. The number of hydrogen-bond acceptors (Lipinski definition) is 5. The van der Waals surface area contributed by atoms with E-state index in [-0.39, 0.29) is 17.8 Å². The monoisotopic (exact) mass is 274 g/mol. The minimum atomic E-state index is -0.302. The maximum atomic E-state index is 12.0. The Balaban J connectivity index is 1.75. The smallest absolute Gasteiger partial charge is 0.291 e. The van der Waals surface area contributed by atoms with Crippen molar-refractivity contribution in [1.29, 1.82) is 0 Å². The van der Waals surface area contributed by atoms with Gasteiger partial charge in [-0.25, -0.2) is 9.50 Å². The molecule has 0 radical (unpaired) electrons. The number of fused-ring (bicyclic) bond motifs is 1. The number of carbonyl (C=O) groups excluding carboxylic acids is 1. The molecule has 2 aromatic rings. The van der Waals surface area contributed by atoms with E-state index in [1.807, 2.05) is 19.9 Å². The molecule has 1 fully saturated rings. The van der Waals surface area contributed by atoms with Crippen LogP contribution in [0.25, 0.3) is 5.78 Å². The lowest BCUT2D eigenvalue weighted by molar-refractivity contribution is 0.0940. The van der Waals surface area contributed by atoms with E-state index in [0.29, 0.717) is 18.2 Å². The Morgan fingerprint density at radius 2 is 2.25 bits per heavy atom. The fourth-order valence-electron chi connectivity index (χ4n) is 2.24. The van der Waals surface area contributed by atoms with Gasteiger partial charge in [-0.2, -0.15) is 4.98 Å². The summed E-state index contributed by atoms with van der Waals surface area (Å²) in [5.74, 6) is 0.827. The number of aryl methyl sites for hydroxylation is 2. The van der Waals surface area contributed by atoms with Crippen LogP contribution in [0.3, 0.4) is 0 Å². The third-order valence-electron chi connectivity index (χ3n) is 3.55. The van der Waals surface area contributed by atoms with Gasteiger partial charge in [-0.1, -0.05) is 0 Å². The lowest BCUT2D eigenvalue weighted by Gasteiger charge is -2.09. The molecule has 0 aliphatic heterocycles. The molecule has 2 aromatic heterocycles. The highest BCUT2D eigenvalue weighted by Gasteiger charge is 2.28. The summed E-state index contributed by atoms with van der Waals surface area (Å²) >= 11 is 0. The van der Waals surface area contributed by atoms with Crippen LogP contribution in [0, 0.1) is 19.8 Å². The predicted molar refractivity (Wildman–Crippen MR) is 73.3 cm³/mol. The molecule has 2 heterocycles. The summed E-state index contributed by atoms with van der Waals surface area (Å²) in [7, 11) is 0. The largest absolute Gasteiger partial charge is 0.348 e. The second-order valence-electron chi connectivity index (χ2n) is 5.40. The molecule has 1 aliphatic carbocycles. The van der Waals surface area contributed by atoms with Crippen molar-refractivity contribution < 1.29 is 4.79 Å². The summed E-state index contributed by atoms with van der Waals surface area (Å²) in [4.78, 5) is 20.4. The highest BCUT2D eigenvalue weighted by Crippen LogP contribution is 2.31. The Morgan fingerprint density at radius 1 is 1.50 bits per heavy atom. The SMILES string of the molecule is Cc1cc(C)n2nc(C(=O)NCC(N)C3CC3)nc2n1. The minimum absolute atomic E-state index is 0.0260. The van der Waals surface area contributed by atoms with Crippen molar-refractivity contribution in [1.82, 2.24) is 24.9 Å². The first-order chi connectivity index (χ1) is 9.54. The fourth-order valence-corrected chi connectivity index (χ4v) is 2.24. The number of hydrogen-bond donors (Lipinski definition) is 2. The molecule has 106 valence electrons. The van der Waals surface area contributed by atoms with E-state index in [4.69, 9.17) is 5.73 Å². The average molecular weight is 274 g/mol. The van der Waals surface area contributed by atoms with Crippen molar-refractivity contribution in [2.24, 2.45) is 11.7 Å². The number of nitrogens with zero attached hydrogens (tertiary/aromatic N) is 4. The minimum Gasteiger partial charge on any atom is -0.348 e. The Hall–Kier alpha value is -2.02. The lowest BCUT2D eigenvalue weighted by Crippen LogP contribution is -2.38. The molecule has 1 amide bonds. The molecule has 0 aromatic carbocycles. The number of nitrogens with one attached hydrogen (secondary N) is 1. The normalized spacial score (nSPS) is 16.4. The Bertz CT molecular complexity index is 660. The van der Waals surface area contributed by atoms with Crippen LogP contribution in [0.2, 0.25) is 0 Å². The van der Waals surface area contributed by atoms with Crippen LogP contribution in [-0.2, 0) is 0 Å². The Kier molecular flexibility index (Phi) is 3.13. The van der Waals surface area contributed by atoms with Gasteiger partial charge in [0.05, 0.1) is 0 Å². The van der Waals surface area contributed by atoms with Gasteiger partial charge in [0.25, 0.3) is 11.7 Å². The molecule has 0 spiro atoms. The first-order valence-electron chi connectivity index (χ1n) is 6.79. The van der Waals surface area contributed by atoms with Gasteiger partial charge in [-0.05, 0) is 38.7 Å². The summed E-state index contributed by atoms with van der Waals surface area (Å²) < 4.78 is 1.57. The molecule has 3 N–H and O–H groups in total. The van der Waals surface area contributed by atoms with Crippen molar-refractivity contribution in [3.63, 3.8) is 0 Å². The van der Waals surface area contributed by atoms with Gasteiger partial charge in [-0.3, -0.25) is 4.79 Å². The summed E-state index contributed by atoms with van der Waals surface area (Å²) in [6.45, 7) is 4.25. The van der Waals surface area contributed by atoms with E-state index in [1.54, 1.807) is 4.52 Å². The predicted octanol–water partition coefficient (Wildman–Crippen LogP) is 0.208. The van der Waals surface area contributed by atoms with Crippen molar-refractivity contribution in [3.05, 3.63) is 23.3 Å². The van der Waals surface area contributed by atoms with E-state index in [1.165, 1.54) is 0 Å². The lowest BCUT2D eigenvalue weighted by atomic mass is 10.2. The van der Waals surface area contributed by atoms with Gasteiger partial charge in [0, 0.05) is 24.0 Å². The third kappa shape index (κ3) is 2.49. The quantitative estimate of drug-likeness (QED) is 0.830. The van der Waals surface area contributed by atoms with Gasteiger partial charge in [0.15, 0.2) is 0 Å². The van der Waals surface area contributed by atoms with Crippen molar-refractivity contribution in [2.45, 2.75) is 32.7 Å². The fraction of sp³-hybridized carbons (Fsp3) is 0.538. The molecule has 7 heteroatoms. The summed E-state index contributed by atoms with van der Waals surface area (Å²) in [6, 6.07) is 1.92. The standard InChI is InChI=1S/C13H18N6O/c1-7-5-8(2)19-13(16-7)17-11(18-19)12(20)15-6-10(14)9-3-4-9/h5,9-10H,3-4,6,14H2,1-2H3,(H,15,20). The van der Waals surface area contributed by atoms with E-state index in [0.717, 1.165) is 24.2 Å². The molecule has 1 unspecified atom stereocenters. The third-order valence-corrected chi connectivity index (χ3v) is 3.55. The summed E-state index contributed by atoms with van der Waals surface area (Å²) in [5, 5.41) is 6.97. The number of rotatable bonds is 4. The maximum Gasteiger partial charge on any atom is 0.291 e. The van der Waals surface area contributed by atoms with Crippen LogP contribution in [0.15, 0.2) is 6.07 Å². The molecule has 0 saturated heterocycles. The number of nitrogens with two attached hydrogens (primary N) is 1. The number of amides is 1. The topological polar surface area (TPSA) is 98.2 Å². The zero-order chi connectivity index (χ0) is 14.3. The van der Waals surface area contributed by atoms with Gasteiger partial charge >= 0.3 is 0 Å². The zero-order valence-electron chi connectivity index (χ0n) is 11.6. The average Bonchev–Trinajstić information content (AvgIpc) is 3.15. The van der Waals surface area contributed by atoms with E-state index < -0.39 is 0 Å². The highest BCUT2D eigenvalue weighted by molar-refractivity contribution is 5.90. The first kappa shape index (κ1) is 13.0. The van der Waals surface area contributed by atoms with E-state index in [9.17, 15) is 4.79 Å². The van der Waals surface area contributed by atoms with Gasteiger partial charge in [0.2, 0.25) is 5.82 Å². The van der Waals surface area contributed by atoms with Gasteiger partial charge in [-0.15, -0.1) is 5.10 Å². The van der Waals surface area contributed by atoms with E-state index in [2.05, 4.69) is 20.4 Å². The molecule has 0 bridgehead atoms. The van der Waals surface area contributed by atoms with Crippen LogP contribution in [0.1, 0.15) is 34.8 Å². The van der Waals surface area contributed by atoms with Crippen molar-refractivity contribution in [2.75, 3.05) is 6.54 Å². The molecule has 1 aliphatic rings. The van der Waals surface area contributed by atoms with Crippen LogP contribution in [0.4, 0.5) is 0 Å². The number of aromatic nitrogens is 4. The maximum absolute atomic E-state index is 12.0. The molecular formula is C13H18N6O. The second kappa shape index (κ2) is 4.82. The molecule has 3 rings (SSSR count). The molecule has 20 heavy (non-hydrogen) atoms. The Morgan fingerprint density at radius 3 is 2.95 bits per heavy atom. The van der Waals surface area contributed by atoms with Gasteiger partial charge < -0.3 is 11.1 Å². The summed E-state index contributed by atoms with van der Waals surface area (Å²) in [6.07, 6.45) is 2.32. The zero-order valence-corrected chi connectivity index (χ0v) is 11.6. The van der Waals surface area contributed by atoms with E-state index >= 15 is 0 Å². The molecule has 1 saturated carbocycles. The van der Waals surface area contributed by atoms with Crippen LogP contribution in [-0.4, -0.2) is 38.1 Å². The van der Waals surface area contributed by atoms with Gasteiger partial charge in [0.1, 0.15) is 0 Å². The van der Waals surface area contributed by atoms with Crippen molar-refractivity contribution >= 4 is 11.7 Å². The second-order valence-corrected chi connectivity index (χ2v) is 5.40. The first-order valence-corrected chi connectivity index (χ1v) is 6.79. The highest BCUT2D eigenvalue weighted by atomic mass is 16.2.